The predicted octanol–water partition coefficient (Wildman–Crippen LogP) is 3.26. The van der Waals surface area contributed by atoms with E-state index in [0.717, 1.165) is 19.3 Å². The molecule has 7 heteroatoms. The van der Waals surface area contributed by atoms with Crippen LogP contribution >= 0.6 is 11.8 Å². The molecule has 0 aromatic rings. The fourth-order valence-electron chi connectivity index (χ4n) is 2.81. The molecule has 0 spiro atoms. The molecule has 2 atom stereocenters. The molecule has 2 amide bonds. The van der Waals surface area contributed by atoms with Crippen molar-refractivity contribution in [2.75, 3.05) is 12.9 Å². The zero-order chi connectivity index (χ0) is 20.0. The second kappa shape index (κ2) is 14.3. The van der Waals surface area contributed by atoms with Crippen LogP contribution in [-0.2, 0) is 9.59 Å². The van der Waals surface area contributed by atoms with Crippen LogP contribution in [0.15, 0.2) is 0 Å². The average molecular weight is 391 g/mol. The molecule has 6 nitrogen and oxygen atoms in total. The first-order chi connectivity index (χ1) is 12.3. The monoisotopic (exact) mass is 390 g/mol. The Bertz CT molecular complexity index is 405. The number of hydrogen-bond donors (Lipinski definition) is 4. The molecule has 0 aliphatic carbocycles. The van der Waals surface area contributed by atoms with E-state index in [0.29, 0.717) is 6.42 Å². The number of aliphatic hydroxyl groups excluding tert-OH is 1. The van der Waals surface area contributed by atoms with Gasteiger partial charge >= 0.3 is 0 Å². The highest BCUT2D eigenvalue weighted by molar-refractivity contribution is 8.00. The van der Waals surface area contributed by atoms with E-state index in [4.69, 9.17) is 5.21 Å². The van der Waals surface area contributed by atoms with Crippen LogP contribution in [0.5, 0.6) is 0 Å². The lowest BCUT2D eigenvalue weighted by atomic mass is 9.94. The average Bonchev–Trinajstić information content (AvgIpc) is 2.63. The molecule has 0 bridgehead atoms. The molecule has 0 aliphatic heterocycles. The van der Waals surface area contributed by atoms with Crippen LogP contribution < -0.4 is 10.8 Å². The topological polar surface area (TPSA) is 98.7 Å². The lowest BCUT2D eigenvalue weighted by Crippen LogP contribution is -2.51. The van der Waals surface area contributed by atoms with Crippen LogP contribution in [-0.4, -0.2) is 45.8 Å². The van der Waals surface area contributed by atoms with E-state index in [9.17, 15) is 14.7 Å². The number of unbranched alkanes of at least 4 members (excludes halogenated alkanes) is 6. The minimum atomic E-state index is -0.558. The molecule has 154 valence electrons. The third kappa shape index (κ3) is 10.4. The van der Waals surface area contributed by atoms with Gasteiger partial charge in [-0.15, -0.1) is 0 Å². The summed E-state index contributed by atoms with van der Waals surface area (Å²) in [6.07, 6.45) is 10.5. The fraction of sp³-hybridized carbons (Fsp3) is 0.895. The molecule has 4 N–H and O–H groups in total. The molecule has 0 heterocycles. The Morgan fingerprint density at radius 1 is 1.08 bits per heavy atom. The van der Waals surface area contributed by atoms with Gasteiger partial charge in [0, 0.05) is 17.1 Å². The number of nitrogens with one attached hydrogen (secondary N) is 2. The molecule has 0 aromatic heterocycles. The van der Waals surface area contributed by atoms with E-state index in [-0.39, 0.29) is 23.7 Å². The van der Waals surface area contributed by atoms with Crippen LogP contribution in [0.25, 0.3) is 0 Å². The SMILES string of the molecule is CCCCCCCCC[C@H](CC(=O)NO)C(=O)NC(CO)C(C)(C)SC. The lowest BCUT2D eigenvalue weighted by molar-refractivity contribution is -0.135. The van der Waals surface area contributed by atoms with Crippen molar-refractivity contribution >= 4 is 23.6 Å². The van der Waals surface area contributed by atoms with Crippen LogP contribution in [0.1, 0.15) is 78.6 Å². The smallest absolute Gasteiger partial charge is 0.244 e. The molecular formula is C19H38N2O4S. The Balaban J connectivity index is 4.60. The molecule has 0 rings (SSSR count). The number of thioether (sulfide) groups is 1. The maximum atomic E-state index is 12.6. The van der Waals surface area contributed by atoms with Gasteiger partial charge in [0.05, 0.1) is 12.6 Å². The van der Waals surface area contributed by atoms with Gasteiger partial charge in [0.15, 0.2) is 0 Å². The lowest BCUT2D eigenvalue weighted by Gasteiger charge is -2.33. The summed E-state index contributed by atoms with van der Waals surface area (Å²) in [6, 6.07) is -0.390. The van der Waals surface area contributed by atoms with Crippen molar-refractivity contribution in [3.8, 4) is 0 Å². The van der Waals surface area contributed by atoms with Gasteiger partial charge in [-0.2, -0.15) is 11.8 Å². The molecule has 0 fully saturated rings. The van der Waals surface area contributed by atoms with Gasteiger partial charge in [0.2, 0.25) is 11.8 Å². The summed E-state index contributed by atoms with van der Waals surface area (Å²) < 4.78 is -0.312. The first-order valence-electron chi connectivity index (χ1n) is 9.71. The largest absolute Gasteiger partial charge is 0.394 e. The summed E-state index contributed by atoms with van der Waals surface area (Å²) in [5.41, 5.74) is 1.61. The van der Waals surface area contributed by atoms with Gasteiger partial charge in [-0.25, -0.2) is 5.48 Å². The van der Waals surface area contributed by atoms with E-state index in [1.807, 2.05) is 20.1 Å². The molecule has 0 saturated heterocycles. The third-order valence-corrected chi connectivity index (χ3v) is 6.28. The van der Waals surface area contributed by atoms with Crippen molar-refractivity contribution in [3.63, 3.8) is 0 Å². The Labute approximate surface area is 162 Å². The second-order valence-corrected chi connectivity index (χ2v) is 8.86. The normalized spacial score (nSPS) is 13.9. The van der Waals surface area contributed by atoms with Gasteiger partial charge < -0.3 is 10.4 Å². The molecular weight excluding hydrogens is 352 g/mol. The number of carbonyl (C=O) groups is 2. The zero-order valence-electron chi connectivity index (χ0n) is 16.8. The van der Waals surface area contributed by atoms with Crippen molar-refractivity contribution in [2.45, 2.75) is 89.3 Å². The maximum absolute atomic E-state index is 12.6. The molecule has 0 aromatic carbocycles. The highest BCUT2D eigenvalue weighted by Gasteiger charge is 2.32. The number of aliphatic hydroxyl groups is 1. The zero-order valence-corrected chi connectivity index (χ0v) is 17.7. The number of carbonyl (C=O) groups excluding carboxylic acids is 2. The Kier molecular flexibility index (Phi) is 13.9. The van der Waals surface area contributed by atoms with Crippen LogP contribution in [0.4, 0.5) is 0 Å². The highest BCUT2D eigenvalue weighted by atomic mass is 32.2. The van der Waals surface area contributed by atoms with Crippen molar-refractivity contribution in [1.82, 2.24) is 10.8 Å². The van der Waals surface area contributed by atoms with E-state index in [2.05, 4.69) is 12.2 Å². The fourth-order valence-corrected chi connectivity index (χ4v) is 3.23. The third-order valence-electron chi connectivity index (χ3n) is 4.95. The Morgan fingerprint density at radius 3 is 2.15 bits per heavy atom. The van der Waals surface area contributed by atoms with E-state index in [1.165, 1.54) is 25.7 Å². The molecule has 26 heavy (non-hydrogen) atoms. The molecule has 0 aliphatic rings. The van der Waals surface area contributed by atoms with Gasteiger partial charge in [0.25, 0.3) is 0 Å². The summed E-state index contributed by atoms with van der Waals surface area (Å²) >= 11 is 1.57. The first kappa shape index (κ1) is 25.2. The summed E-state index contributed by atoms with van der Waals surface area (Å²) in [5, 5.41) is 21.3. The van der Waals surface area contributed by atoms with Crippen molar-refractivity contribution in [3.05, 3.63) is 0 Å². The highest BCUT2D eigenvalue weighted by Crippen LogP contribution is 2.26. The van der Waals surface area contributed by atoms with E-state index in [1.54, 1.807) is 17.2 Å². The summed E-state index contributed by atoms with van der Waals surface area (Å²) in [7, 11) is 0. The Morgan fingerprint density at radius 2 is 1.65 bits per heavy atom. The predicted molar refractivity (Wildman–Crippen MR) is 107 cm³/mol. The molecule has 1 unspecified atom stereocenters. The first-order valence-corrected chi connectivity index (χ1v) is 10.9. The second-order valence-electron chi connectivity index (χ2n) is 7.40. The minimum absolute atomic E-state index is 0.0456. The maximum Gasteiger partial charge on any atom is 0.244 e. The molecule has 0 saturated carbocycles. The summed E-state index contributed by atoms with van der Waals surface area (Å²) in [6.45, 7) is 5.96. The number of amides is 2. The van der Waals surface area contributed by atoms with Crippen molar-refractivity contribution in [2.24, 2.45) is 5.92 Å². The van der Waals surface area contributed by atoms with Crippen LogP contribution in [0, 0.1) is 5.92 Å². The summed E-state index contributed by atoms with van der Waals surface area (Å²) in [5.74, 6) is -1.29. The van der Waals surface area contributed by atoms with Gasteiger partial charge in [-0.1, -0.05) is 51.9 Å². The number of hydrogen-bond acceptors (Lipinski definition) is 5. The van der Waals surface area contributed by atoms with Gasteiger partial charge in [0.1, 0.15) is 0 Å². The van der Waals surface area contributed by atoms with Gasteiger partial charge in [-0.05, 0) is 26.5 Å². The van der Waals surface area contributed by atoms with Crippen molar-refractivity contribution in [1.29, 1.82) is 0 Å². The number of hydroxylamine groups is 1. The van der Waals surface area contributed by atoms with Crippen LogP contribution in [0.3, 0.4) is 0 Å². The van der Waals surface area contributed by atoms with E-state index < -0.39 is 17.9 Å². The van der Waals surface area contributed by atoms with Crippen molar-refractivity contribution < 1.29 is 19.9 Å². The quantitative estimate of drug-likeness (QED) is 0.195. The standard InChI is InChI=1S/C19H38N2O4S/c1-5-6-7-8-9-10-11-12-15(13-17(23)21-25)18(24)20-16(14-22)19(2,3)26-4/h15-16,22,25H,5-14H2,1-4H3,(H,20,24)(H,21,23)/t15-,16?/m1/s1. The van der Waals surface area contributed by atoms with Gasteiger partial charge in [-0.3, -0.25) is 14.8 Å². The summed E-state index contributed by atoms with van der Waals surface area (Å²) in [4.78, 5) is 24.2. The molecule has 0 radical (unpaired) electrons. The van der Waals surface area contributed by atoms with Crippen LogP contribution in [0.2, 0.25) is 0 Å². The number of rotatable bonds is 15. The minimum Gasteiger partial charge on any atom is -0.394 e. The Hall–Kier alpha value is -0.790. The van der Waals surface area contributed by atoms with E-state index >= 15 is 0 Å².